The van der Waals surface area contributed by atoms with E-state index >= 15 is 0 Å². The molecule has 1 aromatic heterocycles. The van der Waals surface area contributed by atoms with Crippen LogP contribution < -0.4 is 9.46 Å². The molecule has 0 aliphatic heterocycles. The van der Waals surface area contributed by atoms with Gasteiger partial charge in [0.2, 0.25) is 0 Å². The molecule has 0 atom stereocenters. The van der Waals surface area contributed by atoms with Crippen molar-refractivity contribution in [1.82, 2.24) is 4.57 Å². The van der Waals surface area contributed by atoms with Crippen LogP contribution in [-0.4, -0.2) is 25.2 Å². The van der Waals surface area contributed by atoms with Crippen molar-refractivity contribution in [2.45, 2.75) is 25.7 Å². The van der Waals surface area contributed by atoms with E-state index in [-0.39, 0.29) is 10.6 Å². The fraction of sp³-hybridized carbons (Fsp3) is 0.167. The summed E-state index contributed by atoms with van der Waals surface area (Å²) in [7, 11) is -2.29. The van der Waals surface area contributed by atoms with Crippen molar-refractivity contribution in [2.75, 3.05) is 11.8 Å². The molecule has 31 heavy (non-hydrogen) atoms. The number of phenolic OH excluding ortho intramolecular Hbond substituents is 1. The van der Waals surface area contributed by atoms with E-state index in [9.17, 15) is 13.5 Å². The maximum atomic E-state index is 12.9. The molecule has 0 aliphatic carbocycles. The summed E-state index contributed by atoms with van der Waals surface area (Å²) in [6.45, 7) is 5.77. The maximum Gasteiger partial charge on any atom is 0.261 e. The van der Waals surface area contributed by atoms with Crippen molar-refractivity contribution in [2.24, 2.45) is 0 Å². The fourth-order valence-corrected chi connectivity index (χ4v) is 4.84. The average molecular weight is 437 g/mol. The lowest BCUT2D eigenvalue weighted by Gasteiger charge is -2.16. The van der Waals surface area contributed by atoms with Crippen LogP contribution in [0, 0.1) is 20.8 Å². The Balaban J connectivity index is 1.82. The first-order valence-corrected chi connectivity index (χ1v) is 11.3. The second kappa shape index (κ2) is 7.67. The molecule has 4 rings (SSSR count). The van der Waals surface area contributed by atoms with Crippen LogP contribution in [0.5, 0.6) is 11.5 Å². The second-order valence-electron chi connectivity index (χ2n) is 7.50. The molecule has 0 aliphatic rings. The number of phenols is 1. The lowest BCUT2D eigenvalue weighted by molar-refractivity contribution is 0.414. The number of aryl methyl sites for hydroxylation is 2. The SMILES string of the molecule is COc1ccc(S(=O)(=O)Nc2cc(C)c(O)c(-n3c(C)c(C)c4ccccc43)c2)cc1. The van der Waals surface area contributed by atoms with Gasteiger partial charge in [0, 0.05) is 11.1 Å². The highest BCUT2D eigenvalue weighted by Gasteiger charge is 2.19. The summed E-state index contributed by atoms with van der Waals surface area (Å²) in [5.41, 5.74) is 4.50. The number of aromatic hydroxyl groups is 1. The fourth-order valence-electron chi connectivity index (χ4n) is 3.80. The monoisotopic (exact) mass is 436 g/mol. The van der Waals surface area contributed by atoms with Crippen molar-refractivity contribution in [3.63, 3.8) is 0 Å². The van der Waals surface area contributed by atoms with Gasteiger partial charge in [0.05, 0.1) is 28.9 Å². The lowest BCUT2D eigenvalue weighted by atomic mass is 10.1. The summed E-state index contributed by atoms with van der Waals surface area (Å²) >= 11 is 0. The number of methoxy groups -OCH3 is 1. The van der Waals surface area contributed by atoms with Gasteiger partial charge in [-0.25, -0.2) is 8.42 Å². The predicted molar refractivity (Wildman–Crippen MR) is 123 cm³/mol. The minimum atomic E-state index is -3.81. The first-order valence-electron chi connectivity index (χ1n) is 9.80. The first kappa shape index (κ1) is 20.8. The molecule has 4 aromatic rings. The molecule has 6 nitrogen and oxygen atoms in total. The highest BCUT2D eigenvalue weighted by molar-refractivity contribution is 7.92. The number of nitrogens with zero attached hydrogens (tertiary/aromatic N) is 1. The van der Waals surface area contributed by atoms with Gasteiger partial charge >= 0.3 is 0 Å². The van der Waals surface area contributed by atoms with Gasteiger partial charge in [0.15, 0.2) is 0 Å². The Labute approximate surface area is 181 Å². The van der Waals surface area contributed by atoms with Crippen LogP contribution in [0.3, 0.4) is 0 Å². The van der Waals surface area contributed by atoms with Crippen molar-refractivity contribution in [3.05, 3.63) is 77.5 Å². The second-order valence-corrected chi connectivity index (χ2v) is 9.19. The number of hydrogen-bond acceptors (Lipinski definition) is 4. The number of fused-ring (bicyclic) bond motifs is 1. The van der Waals surface area contributed by atoms with E-state index < -0.39 is 10.0 Å². The predicted octanol–water partition coefficient (Wildman–Crippen LogP) is 5.07. The molecule has 0 fully saturated rings. The quantitative estimate of drug-likeness (QED) is 0.428. The van der Waals surface area contributed by atoms with Crippen molar-refractivity contribution in [1.29, 1.82) is 0 Å². The zero-order valence-electron chi connectivity index (χ0n) is 17.8. The summed E-state index contributed by atoms with van der Waals surface area (Å²) in [6, 6.07) is 17.4. The van der Waals surface area contributed by atoms with Crippen molar-refractivity contribution >= 4 is 26.6 Å². The van der Waals surface area contributed by atoms with E-state index in [2.05, 4.69) is 4.72 Å². The number of ether oxygens (including phenoxy) is 1. The molecule has 3 aromatic carbocycles. The number of benzene rings is 3. The number of aromatic nitrogens is 1. The Morgan fingerprint density at radius 3 is 2.32 bits per heavy atom. The Kier molecular flexibility index (Phi) is 5.15. The third-order valence-corrected chi connectivity index (χ3v) is 6.97. The van der Waals surface area contributed by atoms with E-state index in [1.165, 1.54) is 19.2 Å². The van der Waals surface area contributed by atoms with Gasteiger partial charge in [-0.05, 0) is 74.4 Å². The molecule has 0 bridgehead atoms. The van der Waals surface area contributed by atoms with Crippen molar-refractivity contribution in [3.8, 4) is 17.2 Å². The molecule has 7 heteroatoms. The van der Waals surface area contributed by atoms with Crippen LogP contribution in [0.2, 0.25) is 0 Å². The molecular weight excluding hydrogens is 412 g/mol. The number of nitrogens with one attached hydrogen (secondary N) is 1. The van der Waals surface area contributed by atoms with Gasteiger partial charge in [-0.2, -0.15) is 0 Å². The summed E-state index contributed by atoms with van der Waals surface area (Å²) in [5.74, 6) is 0.684. The molecule has 0 saturated heterocycles. The Bertz CT molecular complexity index is 1390. The third-order valence-electron chi connectivity index (χ3n) is 5.57. The van der Waals surface area contributed by atoms with E-state index in [1.54, 1.807) is 31.2 Å². The molecule has 2 N–H and O–H groups in total. The van der Waals surface area contributed by atoms with Crippen LogP contribution in [-0.2, 0) is 10.0 Å². The van der Waals surface area contributed by atoms with Crippen LogP contribution in [0.25, 0.3) is 16.6 Å². The minimum Gasteiger partial charge on any atom is -0.505 e. The largest absolute Gasteiger partial charge is 0.505 e. The first-order chi connectivity index (χ1) is 14.7. The van der Waals surface area contributed by atoms with Gasteiger partial charge in [-0.1, -0.05) is 18.2 Å². The molecule has 0 unspecified atom stereocenters. The van der Waals surface area contributed by atoms with Gasteiger partial charge in [-0.15, -0.1) is 0 Å². The number of anilines is 1. The summed E-state index contributed by atoms with van der Waals surface area (Å²) in [6.07, 6.45) is 0. The summed E-state index contributed by atoms with van der Waals surface area (Å²) < 4.78 is 35.5. The van der Waals surface area contributed by atoms with Crippen molar-refractivity contribution < 1.29 is 18.3 Å². The number of rotatable bonds is 5. The standard InChI is InChI=1S/C24H24N2O4S/c1-15-13-18(25-31(28,29)20-11-9-19(30-4)10-12-20)14-23(24(15)27)26-17(3)16(2)21-7-5-6-8-22(21)26/h5-14,25,27H,1-4H3. The lowest BCUT2D eigenvalue weighted by Crippen LogP contribution is -2.13. The summed E-state index contributed by atoms with van der Waals surface area (Å²) in [5, 5.41) is 11.9. The van der Waals surface area contributed by atoms with Gasteiger partial charge < -0.3 is 14.4 Å². The van der Waals surface area contributed by atoms with Gasteiger partial charge in [-0.3, -0.25) is 4.72 Å². The van der Waals surface area contributed by atoms with Gasteiger partial charge in [0.25, 0.3) is 10.0 Å². The molecule has 1 heterocycles. The smallest absolute Gasteiger partial charge is 0.261 e. The zero-order chi connectivity index (χ0) is 22.3. The Hall–Kier alpha value is -3.45. The molecular formula is C24H24N2O4S. The zero-order valence-corrected chi connectivity index (χ0v) is 18.6. The normalized spacial score (nSPS) is 11.6. The van der Waals surface area contributed by atoms with E-state index in [1.807, 2.05) is 42.7 Å². The van der Waals surface area contributed by atoms with E-state index in [0.29, 0.717) is 22.7 Å². The van der Waals surface area contributed by atoms with E-state index in [4.69, 9.17) is 4.74 Å². The maximum absolute atomic E-state index is 12.9. The minimum absolute atomic E-state index is 0.108. The molecule has 0 saturated carbocycles. The summed E-state index contributed by atoms with van der Waals surface area (Å²) in [4.78, 5) is 0.124. The van der Waals surface area contributed by atoms with Crippen LogP contribution in [0.1, 0.15) is 16.8 Å². The van der Waals surface area contributed by atoms with Crippen LogP contribution >= 0.6 is 0 Å². The van der Waals surface area contributed by atoms with E-state index in [0.717, 1.165) is 22.2 Å². The number of hydrogen-bond donors (Lipinski definition) is 2. The Morgan fingerprint density at radius 1 is 0.968 bits per heavy atom. The topological polar surface area (TPSA) is 80.6 Å². The van der Waals surface area contributed by atoms with Crippen LogP contribution in [0.4, 0.5) is 5.69 Å². The molecule has 0 spiro atoms. The number of sulfonamides is 1. The average Bonchev–Trinajstić information content (AvgIpc) is 3.01. The highest BCUT2D eigenvalue weighted by Crippen LogP contribution is 2.36. The highest BCUT2D eigenvalue weighted by atomic mass is 32.2. The molecule has 0 amide bonds. The molecule has 0 radical (unpaired) electrons. The molecule has 160 valence electrons. The van der Waals surface area contributed by atoms with Crippen LogP contribution in [0.15, 0.2) is 65.6 Å². The third kappa shape index (κ3) is 3.61. The Morgan fingerprint density at radius 2 is 1.65 bits per heavy atom. The number of para-hydroxylation sites is 1. The van der Waals surface area contributed by atoms with Gasteiger partial charge in [0.1, 0.15) is 11.5 Å².